The molecule has 0 aliphatic heterocycles. The first-order chi connectivity index (χ1) is 16.4. The van der Waals surface area contributed by atoms with Crippen molar-refractivity contribution in [1.82, 2.24) is 9.97 Å². The van der Waals surface area contributed by atoms with Crippen molar-refractivity contribution in [1.29, 1.82) is 0 Å². The minimum atomic E-state index is -1.06. The molecule has 0 saturated heterocycles. The normalized spacial score (nSPS) is 10.9. The lowest BCUT2D eigenvalue weighted by molar-refractivity contribution is 0.0692. The van der Waals surface area contributed by atoms with E-state index in [0.29, 0.717) is 59.1 Å². The molecule has 4 rings (SSSR count). The van der Waals surface area contributed by atoms with Crippen LogP contribution in [-0.2, 0) is 6.42 Å². The van der Waals surface area contributed by atoms with E-state index in [4.69, 9.17) is 13.9 Å². The fraction of sp³-hybridized carbons (Fsp3) is 0.240. The lowest BCUT2D eigenvalue weighted by atomic mass is 10.1. The van der Waals surface area contributed by atoms with E-state index >= 15 is 0 Å². The molecule has 2 heterocycles. The number of aryl methyl sites for hydroxylation is 1. The summed E-state index contributed by atoms with van der Waals surface area (Å²) in [6.45, 7) is 4.41. The second-order valence-corrected chi connectivity index (χ2v) is 7.50. The predicted molar refractivity (Wildman–Crippen MR) is 125 cm³/mol. The average molecular weight is 465 g/mol. The topological polar surface area (TPSA) is 107 Å². The van der Waals surface area contributed by atoms with E-state index < -0.39 is 5.97 Å². The van der Waals surface area contributed by atoms with Crippen molar-refractivity contribution >= 4 is 22.8 Å². The Morgan fingerprint density at radius 1 is 1.18 bits per heavy atom. The number of carboxylic acid groups (broad SMARTS) is 1. The van der Waals surface area contributed by atoms with Gasteiger partial charge in [0, 0.05) is 23.7 Å². The number of fused-ring (bicyclic) bond motifs is 1. The van der Waals surface area contributed by atoms with Crippen LogP contribution in [0.1, 0.15) is 28.6 Å². The molecule has 0 saturated carbocycles. The Balaban J connectivity index is 1.53. The molecular weight excluding hydrogens is 441 g/mol. The third-order valence-corrected chi connectivity index (χ3v) is 5.43. The molecule has 4 aromatic rings. The highest BCUT2D eigenvalue weighted by atomic mass is 19.1. The van der Waals surface area contributed by atoms with Gasteiger partial charge in [0.15, 0.2) is 11.3 Å². The number of rotatable bonds is 9. The molecule has 0 spiro atoms. The highest BCUT2D eigenvalue weighted by Crippen LogP contribution is 2.35. The third kappa shape index (κ3) is 4.50. The number of nitrogens with one attached hydrogen (secondary N) is 1. The quantitative estimate of drug-likeness (QED) is 0.352. The fourth-order valence-corrected chi connectivity index (χ4v) is 3.84. The average Bonchev–Trinajstić information content (AvgIpc) is 3.16. The van der Waals surface area contributed by atoms with Crippen molar-refractivity contribution in [2.45, 2.75) is 20.3 Å². The number of benzene rings is 2. The minimum absolute atomic E-state index is 0.0876. The van der Waals surface area contributed by atoms with Crippen molar-refractivity contribution < 1.29 is 28.2 Å². The zero-order valence-electron chi connectivity index (χ0n) is 19.0. The van der Waals surface area contributed by atoms with Crippen molar-refractivity contribution in [3.63, 3.8) is 0 Å². The van der Waals surface area contributed by atoms with E-state index in [-0.39, 0.29) is 17.1 Å². The number of aromatic nitrogens is 2. The molecule has 0 aliphatic carbocycles. The van der Waals surface area contributed by atoms with Gasteiger partial charge in [-0.2, -0.15) is 0 Å². The van der Waals surface area contributed by atoms with Crippen LogP contribution in [0.4, 0.5) is 10.2 Å². The number of aromatic carboxylic acids is 1. The molecule has 2 aromatic heterocycles. The molecule has 0 radical (unpaired) electrons. The van der Waals surface area contributed by atoms with E-state index in [1.807, 2.05) is 0 Å². The molecule has 0 unspecified atom stereocenters. The summed E-state index contributed by atoms with van der Waals surface area (Å²) >= 11 is 0. The summed E-state index contributed by atoms with van der Waals surface area (Å²) in [7, 11) is 1.52. The maximum atomic E-state index is 14.5. The van der Waals surface area contributed by atoms with Crippen LogP contribution in [0.3, 0.4) is 0 Å². The van der Waals surface area contributed by atoms with Crippen molar-refractivity contribution in [2.24, 2.45) is 0 Å². The third-order valence-electron chi connectivity index (χ3n) is 5.43. The minimum Gasteiger partial charge on any atom is -0.493 e. The van der Waals surface area contributed by atoms with E-state index in [0.717, 1.165) is 5.56 Å². The Bertz CT molecular complexity index is 1350. The summed E-state index contributed by atoms with van der Waals surface area (Å²) in [5.41, 5.74) is 2.55. The number of carboxylic acids is 1. The van der Waals surface area contributed by atoms with Gasteiger partial charge in [0.05, 0.1) is 24.8 Å². The highest BCUT2D eigenvalue weighted by molar-refractivity contribution is 5.92. The number of methoxy groups -OCH3 is 1. The van der Waals surface area contributed by atoms with Crippen LogP contribution in [0.2, 0.25) is 0 Å². The van der Waals surface area contributed by atoms with Gasteiger partial charge in [0.1, 0.15) is 35.0 Å². The predicted octanol–water partition coefficient (Wildman–Crippen LogP) is 5.10. The number of hydrogen-bond donors (Lipinski definition) is 2. The molecule has 0 amide bonds. The van der Waals surface area contributed by atoms with E-state index in [1.165, 1.54) is 25.6 Å². The van der Waals surface area contributed by atoms with Crippen molar-refractivity contribution in [2.75, 3.05) is 25.6 Å². The SMILES string of the molecule is CCOc1cc(-c2cc(NCCc3c(C)oc4c(OC)ccc(F)c34)ncn2)ccc1C(=O)O. The molecular formula is C25H24FN3O5. The second-order valence-electron chi connectivity index (χ2n) is 7.50. The Labute approximate surface area is 195 Å². The Morgan fingerprint density at radius 2 is 2.00 bits per heavy atom. The summed E-state index contributed by atoms with van der Waals surface area (Å²) in [6.07, 6.45) is 1.93. The van der Waals surface area contributed by atoms with E-state index in [2.05, 4.69) is 15.3 Å². The molecule has 2 aromatic carbocycles. The van der Waals surface area contributed by atoms with Crippen LogP contribution in [0, 0.1) is 12.7 Å². The number of carbonyl (C=O) groups is 1. The number of ether oxygens (including phenoxy) is 2. The van der Waals surface area contributed by atoms with Gasteiger partial charge in [-0.15, -0.1) is 0 Å². The van der Waals surface area contributed by atoms with E-state index in [1.54, 1.807) is 38.1 Å². The van der Waals surface area contributed by atoms with Gasteiger partial charge in [-0.3, -0.25) is 0 Å². The summed E-state index contributed by atoms with van der Waals surface area (Å²) in [5.74, 6) is 0.553. The molecule has 8 nitrogen and oxygen atoms in total. The molecule has 0 bridgehead atoms. The molecule has 0 fully saturated rings. The van der Waals surface area contributed by atoms with Crippen molar-refractivity contribution in [3.05, 3.63) is 65.4 Å². The standard InChI is InChI=1S/C25H24FN3O5/c1-4-33-21-11-15(5-6-17(21)25(30)31)19-12-22(29-13-28-19)27-10-9-16-14(2)34-24-20(32-3)8-7-18(26)23(16)24/h5-8,11-13H,4,9-10H2,1-3H3,(H,30,31)(H,27,28,29). The van der Waals surface area contributed by atoms with Crippen LogP contribution in [0.15, 0.2) is 47.1 Å². The number of furan rings is 1. The molecule has 0 atom stereocenters. The van der Waals surface area contributed by atoms with Crippen LogP contribution in [0.5, 0.6) is 11.5 Å². The number of hydrogen-bond acceptors (Lipinski definition) is 7. The van der Waals surface area contributed by atoms with Gasteiger partial charge in [0.2, 0.25) is 0 Å². The Hall–Kier alpha value is -4.14. The monoisotopic (exact) mass is 465 g/mol. The first-order valence-corrected chi connectivity index (χ1v) is 10.7. The zero-order chi connectivity index (χ0) is 24.2. The zero-order valence-corrected chi connectivity index (χ0v) is 19.0. The highest BCUT2D eigenvalue weighted by Gasteiger charge is 2.18. The first kappa shape index (κ1) is 23.0. The maximum Gasteiger partial charge on any atom is 0.339 e. The van der Waals surface area contributed by atoms with Gasteiger partial charge >= 0.3 is 5.97 Å². The van der Waals surface area contributed by atoms with Crippen LogP contribution >= 0.6 is 0 Å². The molecule has 9 heteroatoms. The van der Waals surface area contributed by atoms with Crippen LogP contribution < -0.4 is 14.8 Å². The Morgan fingerprint density at radius 3 is 2.74 bits per heavy atom. The largest absolute Gasteiger partial charge is 0.493 e. The van der Waals surface area contributed by atoms with Gasteiger partial charge < -0.3 is 24.3 Å². The summed E-state index contributed by atoms with van der Waals surface area (Å²) in [5, 5.41) is 13.0. The Kier molecular flexibility index (Phi) is 6.62. The number of nitrogens with zero attached hydrogens (tertiary/aromatic N) is 2. The molecule has 34 heavy (non-hydrogen) atoms. The molecule has 2 N–H and O–H groups in total. The first-order valence-electron chi connectivity index (χ1n) is 10.7. The molecule has 176 valence electrons. The summed E-state index contributed by atoms with van der Waals surface area (Å²) in [6, 6.07) is 9.50. The van der Waals surface area contributed by atoms with Gasteiger partial charge in [-0.05, 0) is 44.5 Å². The van der Waals surface area contributed by atoms with Gasteiger partial charge in [0.25, 0.3) is 0 Å². The van der Waals surface area contributed by atoms with Gasteiger partial charge in [-0.25, -0.2) is 19.2 Å². The fourth-order valence-electron chi connectivity index (χ4n) is 3.84. The lowest BCUT2D eigenvalue weighted by Gasteiger charge is -2.10. The van der Waals surface area contributed by atoms with E-state index in [9.17, 15) is 14.3 Å². The number of anilines is 1. The van der Waals surface area contributed by atoms with Crippen LogP contribution in [-0.4, -0.2) is 41.3 Å². The maximum absolute atomic E-state index is 14.5. The molecule has 0 aliphatic rings. The van der Waals surface area contributed by atoms with Crippen LogP contribution in [0.25, 0.3) is 22.2 Å². The second kappa shape index (κ2) is 9.78. The summed E-state index contributed by atoms with van der Waals surface area (Å²) < 4.78 is 31.1. The lowest BCUT2D eigenvalue weighted by Crippen LogP contribution is -2.07. The summed E-state index contributed by atoms with van der Waals surface area (Å²) in [4.78, 5) is 20.0. The van der Waals surface area contributed by atoms with Crippen molar-refractivity contribution in [3.8, 4) is 22.8 Å². The van der Waals surface area contributed by atoms with Gasteiger partial charge in [-0.1, -0.05) is 6.07 Å². The smallest absolute Gasteiger partial charge is 0.339 e. The number of halogens is 1.